The number of fused-ring (bicyclic) bond motifs is 1. The fourth-order valence-electron chi connectivity index (χ4n) is 2.30. The van der Waals surface area contributed by atoms with Crippen LogP contribution in [0.1, 0.15) is 11.5 Å². The van der Waals surface area contributed by atoms with Crippen LogP contribution < -0.4 is 0 Å². The van der Waals surface area contributed by atoms with E-state index in [9.17, 15) is 0 Å². The molecule has 0 aliphatic rings. The van der Waals surface area contributed by atoms with E-state index in [1.807, 2.05) is 66.7 Å². The molecule has 0 atom stereocenters. The largest absolute Gasteiger partial charge is 0.437 e. The number of oxazole rings is 1. The molecule has 110 valence electrons. The third-order valence-electron chi connectivity index (χ3n) is 3.43. The zero-order valence-electron chi connectivity index (χ0n) is 12.3. The van der Waals surface area contributed by atoms with E-state index < -0.39 is 0 Å². The molecule has 2 aromatic carbocycles. The van der Waals surface area contributed by atoms with Crippen LogP contribution in [-0.2, 0) is 0 Å². The fourth-order valence-corrected chi connectivity index (χ4v) is 2.30. The highest BCUT2D eigenvalue weighted by Crippen LogP contribution is 2.19. The summed E-state index contributed by atoms with van der Waals surface area (Å²) in [4.78, 5) is 13.2. The monoisotopic (exact) mass is 299 g/mol. The maximum atomic E-state index is 5.73. The molecule has 4 heteroatoms. The predicted octanol–water partition coefficient (Wildman–Crippen LogP) is 4.46. The molecule has 23 heavy (non-hydrogen) atoms. The van der Waals surface area contributed by atoms with Crippen LogP contribution in [0.5, 0.6) is 0 Å². The molecule has 4 rings (SSSR count). The molecule has 0 saturated carbocycles. The van der Waals surface area contributed by atoms with Crippen LogP contribution in [0.3, 0.4) is 0 Å². The van der Waals surface area contributed by atoms with Crippen molar-refractivity contribution in [3.05, 3.63) is 78.4 Å². The third-order valence-corrected chi connectivity index (χ3v) is 3.43. The lowest BCUT2D eigenvalue weighted by Gasteiger charge is -1.97. The first kappa shape index (κ1) is 13.4. The van der Waals surface area contributed by atoms with Gasteiger partial charge >= 0.3 is 0 Å². The van der Waals surface area contributed by atoms with Crippen LogP contribution in [0.15, 0.2) is 71.4 Å². The van der Waals surface area contributed by atoms with Gasteiger partial charge in [-0.2, -0.15) is 0 Å². The first-order chi connectivity index (χ1) is 11.4. The van der Waals surface area contributed by atoms with Crippen molar-refractivity contribution >= 4 is 23.2 Å². The molecular weight excluding hydrogens is 286 g/mol. The molecule has 0 saturated heterocycles. The van der Waals surface area contributed by atoms with Gasteiger partial charge in [-0.1, -0.05) is 30.3 Å². The smallest absolute Gasteiger partial charge is 0.226 e. The minimum atomic E-state index is 0.606. The Labute approximate surface area is 133 Å². The molecule has 0 N–H and O–H groups in total. The summed E-state index contributed by atoms with van der Waals surface area (Å²) in [6.07, 6.45) is 7.16. The lowest BCUT2D eigenvalue weighted by Crippen LogP contribution is -1.86. The molecule has 0 unspecified atom stereocenters. The molecule has 0 spiro atoms. The number of hydrogen-bond acceptors (Lipinski definition) is 4. The Kier molecular flexibility index (Phi) is 3.41. The van der Waals surface area contributed by atoms with Gasteiger partial charge in [0, 0.05) is 5.56 Å². The van der Waals surface area contributed by atoms with Gasteiger partial charge in [-0.25, -0.2) is 9.97 Å². The van der Waals surface area contributed by atoms with E-state index in [1.165, 1.54) is 0 Å². The zero-order chi connectivity index (χ0) is 15.5. The fraction of sp³-hybridized carbons (Fsp3) is 0. The molecule has 0 bridgehead atoms. The molecule has 0 radical (unpaired) electrons. The Bertz CT molecular complexity index is 974. The SMILES string of the molecule is C(=C\c1cnc(-c2ccccc2)o1)/c1cnc2ccccc2n1. The number of aromatic nitrogens is 3. The van der Waals surface area contributed by atoms with Gasteiger partial charge in [-0.15, -0.1) is 0 Å². The van der Waals surface area contributed by atoms with E-state index in [2.05, 4.69) is 15.0 Å². The third kappa shape index (κ3) is 2.87. The standard InChI is InChI=1S/C19H13N3O/c1-2-6-14(7-3-1)19-21-13-16(23-19)11-10-15-12-20-17-8-4-5-9-18(17)22-15/h1-13H/b11-10+. The van der Waals surface area contributed by atoms with Gasteiger partial charge in [0.1, 0.15) is 5.76 Å². The summed E-state index contributed by atoms with van der Waals surface area (Å²) >= 11 is 0. The van der Waals surface area contributed by atoms with Crippen molar-refractivity contribution in [2.45, 2.75) is 0 Å². The van der Waals surface area contributed by atoms with Gasteiger partial charge in [-0.3, -0.25) is 4.98 Å². The van der Waals surface area contributed by atoms with Crippen LogP contribution in [0.4, 0.5) is 0 Å². The molecule has 0 amide bonds. The van der Waals surface area contributed by atoms with Crippen molar-refractivity contribution in [3.63, 3.8) is 0 Å². The highest BCUT2D eigenvalue weighted by atomic mass is 16.4. The van der Waals surface area contributed by atoms with Gasteiger partial charge in [0.05, 0.1) is 29.1 Å². The first-order valence-corrected chi connectivity index (χ1v) is 7.30. The summed E-state index contributed by atoms with van der Waals surface area (Å²) in [5, 5.41) is 0. The average molecular weight is 299 g/mol. The number of para-hydroxylation sites is 2. The van der Waals surface area contributed by atoms with Crippen molar-refractivity contribution in [3.8, 4) is 11.5 Å². The number of benzene rings is 2. The van der Waals surface area contributed by atoms with Crippen LogP contribution >= 0.6 is 0 Å². The van der Waals surface area contributed by atoms with Gasteiger partial charge in [0.25, 0.3) is 0 Å². The molecule has 0 aliphatic heterocycles. The second-order valence-electron chi connectivity index (χ2n) is 5.05. The van der Waals surface area contributed by atoms with Crippen molar-refractivity contribution < 1.29 is 4.42 Å². The molecule has 0 aliphatic carbocycles. The second kappa shape index (κ2) is 5.85. The van der Waals surface area contributed by atoms with E-state index >= 15 is 0 Å². The van der Waals surface area contributed by atoms with Crippen molar-refractivity contribution in [1.29, 1.82) is 0 Å². The second-order valence-corrected chi connectivity index (χ2v) is 5.05. The normalized spacial score (nSPS) is 11.3. The van der Waals surface area contributed by atoms with E-state index in [1.54, 1.807) is 12.4 Å². The van der Waals surface area contributed by atoms with Crippen LogP contribution in [0, 0.1) is 0 Å². The van der Waals surface area contributed by atoms with E-state index in [0.717, 1.165) is 22.3 Å². The summed E-state index contributed by atoms with van der Waals surface area (Å²) in [5.41, 5.74) is 3.49. The lowest BCUT2D eigenvalue weighted by atomic mass is 10.2. The quantitative estimate of drug-likeness (QED) is 0.560. The minimum Gasteiger partial charge on any atom is -0.437 e. The van der Waals surface area contributed by atoms with Gasteiger partial charge in [0.2, 0.25) is 5.89 Å². The molecule has 4 nitrogen and oxygen atoms in total. The predicted molar refractivity (Wildman–Crippen MR) is 90.4 cm³/mol. The maximum Gasteiger partial charge on any atom is 0.226 e. The Hall–Kier alpha value is -3.27. The summed E-state index contributed by atoms with van der Waals surface area (Å²) in [6.45, 7) is 0. The zero-order valence-corrected chi connectivity index (χ0v) is 12.3. The Morgan fingerprint density at radius 3 is 2.39 bits per heavy atom. The molecule has 2 aromatic heterocycles. The average Bonchev–Trinajstić information content (AvgIpc) is 3.10. The Balaban J connectivity index is 1.59. The van der Waals surface area contributed by atoms with Crippen molar-refractivity contribution in [1.82, 2.24) is 15.0 Å². The molecular formula is C19H13N3O. The Morgan fingerprint density at radius 1 is 0.739 bits per heavy atom. The number of hydrogen-bond donors (Lipinski definition) is 0. The van der Waals surface area contributed by atoms with Crippen LogP contribution in [0.25, 0.3) is 34.6 Å². The van der Waals surface area contributed by atoms with Gasteiger partial charge in [0.15, 0.2) is 0 Å². The summed E-state index contributed by atoms with van der Waals surface area (Å²) < 4.78 is 5.73. The summed E-state index contributed by atoms with van der Waals surface area (Å²) in [6, 6.07) is 17.6. The summed E-state index contributed by atoms with van der Waals surface area (Å²) in [5.74, 6) is 1.29. The molecule has 4 aromatic rings. The first-order valence-electron chi connectivity index (χ1n) is 7.30. The van der Waals surface area contributed by atoms with Crippen molar-refractivity contribution in [2.24, 2.45) is 0 Å². The highest BCUT2D eigenvalue weighted by Gasteiger charge is 2.04. The lowest BCUT2D eigenvalue weighted by molar-refractivity contribution is 0.565. The maximum absolute atomic E-state index is 5.73. The number of nitrogens with zero attached hydrogens (tertiary/aromatic N) is 3. The van der Waals surface area contributed by atoms with Crippen LogP contribution in [0.2, 0.25) is 0 Å². The number of rotatable bonds is 3. The molecule has 0 fully saturated rings. The van der Waals surface area contributed by atoms with Gasteiger partial charge < -0.3 is 4.42 Å². The highest BCUT2D eigenvalue weighted by molar-refractivity contribution is 5.76. The minimum absolute atomic E-state index is 0.606. The van der Waals surface area contributed by atoms with E-state index in [4.69, 9.17) is 4.42 Å². The van der Waals surface area contributed by atoms with Crippen molar-refractivity contribution in [2.75, 3.05) is 0 Å². The van der Waals surface area contributed by atoms with E-state index in [0.29, 0.717) is 11.7 Å². The van der Waals surface area contributed by atoms with Gasteiger partial charge in [-0.05, 0) is 36.4 Å². The molecule has 2 heterocycles. The van der Waals surface area contributed by atoms with Crippen LogP contribution in [-0.4, -0.2) is 15.0 Å². The topological polar surface area (TPSA) is 51.8 Å². The summed E-state index contributed by atoms with van der Waals surface area (Å²) in [7, 11) is 0. The Morgan fingerprint density at radius 2 is 1.52 bits per heavy atom. The van der Waals surface area contributed by atoms with E-state index in [-0.39, 0.29) is 0 Å².